The smallest absolute Gasteiger partial charge is 0.418 e. The molecule has 0 amide bonds. The minimum absolute atomic E-state index is 0.105. The van der Waals surface area contributed by atoms with Gasteiger partial charge in [0.05, 0.1) is 16.9 Å². The molecule has 0 unspecified atom stereocenters. The van der Waals surface area contributed by atoms with Gasteiger partial charge in [-0.3, -0.25) is 0 Å². The summed E-state index contributed by atoms with van der Waals surface area (Å²) in [5, 5.41) is 4.79. The van der Waals surface area contributed by atoms with E-state index in [1.54, 1.807) is 13.0 Å². The van der Waals surface area contributed by atoms with Crippen molar-refractivity contribution in [2.24, 2.45) is 0 Å². The van der Waals surface area contributed by atoms with Gasteiger partial charge in [-0.1, -0.05) is 18.2 Å². The van der Waals surface area contributed by atoms with Gasteiger partial charge in [0.1, 0.15) is 5.75 Å². The quantitative estimate of drug-likeness (QED) is 0.551. The summed E-state index contributed by atoms with van der Waals surface area (Å²) in [6, 6.07) is 9.20. The van der Waals surface area contributed by atoms with Crippen molar-refractivity contribution < 1.29 is 26.7 Å². The molecule has 2 N–H and O–H groups in total. The standard InChI is InChI=1S/C16H13F5N2OS/c1-9-6-7-12(13(8-9)24-14(17)18)23-15(25)22-11-5-3-2-4-10(11)16(19,20)21/h2-8,14H,1H3,(H2,22,23,25). The molecule has 2 rings (SSSR count). The second kappa shape index (κ2) is 7.64. The number of anilines is 2. The molecular weight excluding hydrogens is 363 g/mol. The van der Waals surface area contributed by atoms with E-state index in [-0.39, 0.29) is 22.2 Å². The lowest BCUT2D eigenvalue weighted by molar-refractivity contribution is -0.136. The van der Waals surface area contributed by atoms with Crippen molar-refractivity contribution in [3.63, 3.8) is 0 Å². The Labute approximate surface area is 145 Å². The molecule has 0 fully saturated rings. The van der Waals surface area contributed by atoms with Crippen molar-refractivity contribution >= 4 is 28.7 Å². The Hall–Kier alpha value is -2.42. The summed E-state index contributed by atoms with van der Waals surface area (Å²) < 4.78 is 68.3. The van der Waals surface area contributed by atoms with Gasteiger partial charge in [-0.25, -0.2) is 0 Å². The molecule has 0 bridgehead atoms. The van der Waals surface area contributed by atoms with Crippen LogP contribution in [0.5, 0.6) is 5.75 Å². The summed E-state index contributed by atoms with van der Waals surface area (Å²) in [6.07, 6.45) is -4.56. The van der Waals surface area contributed by atoms with E-state index in [9.17, 15) is 22.0 Å². The van der Waals surface area contributed by atoms with E-state index >= 15 is 0 Å². The van der Waals surface area contributed by atoms with Gasteiger partial charge in [-0.15, -0.1) is 0 Å². The van der Waals surface area contributed by atoms with Crippen LogP contribution in [0.4, 0.5) is 33.3 Å². The van der Waals surface area contributed by atoms with Crippen molar-refractivity contribution in [3.05, 3.63) is 53.6 Å². The third-order valence-electron chi connectivity index (χ3n) is 3.08. The van der Waals surface area contributed by atoms with E-state index in [4.69, 9.17) is 12.2 Å². The Morgan fingerprint density at radius 1 is 1.04 bits per heavy atom. The minimum Gasteiger partial charge on any atom is -0.433 e. The van der Waals surface area contributed by atoms with Crippen LogP contribution < -0.4 is 15.4 Å². The summed E-state index contributed by atoms with van der Waals surface area (Å²) in [7, 11) is 0. The van der Waals surface area contributed by atoms with Gasteiger partial charge in [0, 0.05) is 0 Å². The highest BCUT2D eigenvalue weighted by molar-refractivity contribution is 7.80. The van der Waals surface area contributed by atoms with Gasteiger partial charge < -0.3 is 15.4 Å². The number of thiocarbonyl (C=S) groups is 1. The zero-order valence-corrected chi connectivity index (χ0v) is 13.6. The van der Waals surface area contributed by atoms with E-state index in [0.717, 1.165) is 6.07 Å². The average Bonchev–Trinajstić information content (AvgIpc) is 2.49. The summed E-state index contributed by atoms with van der Waals surface area (Å²) in [4.78, 5) is 0. The lowest BCUT2D eigenvalue weighted by atomic mass is 10.1. The largest absolute Gasteiger partial charge is 0.433 e. The van der Waals surface area contributed by atoms with Gasteiger partial charge in [-0.05, 0) is 49.0 Å². The normalized spacial score (nSPS) is 11.3. The van der Waals surface area contributed by atoms with Gasteiger partial charge >= 0.3 is 12.8 Å². The zero-order chi connectivity index (χ0) is 18.6. The summed E-state index contributed by atoms with van der Waals surface area (Å²) >= 11 is 4.97. The number of hydrogen-bond donors (Lipinski definition) is 2. The number of nitrogens with one attached hydrogen (secondary N) is 2. The highest BCUT2D eigenvalue weighted by Crippen LogP contribution is 2.35. The van der Waals surface area contributed by atoms with Crippen LogP contribution in [-0.2, 0) is 6.18 Å². The first-order valence-corrected chi connectivity index (χ1v) is 7.37. The van der Waals surface area contributed by atoms with Gasteiger partial charge in [0.2, 0.25) is 0 Å². The van der Waals surface area contributed by atoms with E-state index < -0.39 is 18.4 Å². The van der Waals surface area contributed by atoms with Crippen LogP contribution in [0.25, 0.3) is 0 Å². The molecule has 0 spiro atoms. The number of benzene rings is 2. The molecule has 0 aromatic heterocycles. The summed E-state index contributed by atoms with van der Waals surface area (Å²) in [5.41, 5.74) is -0.376. The van der Waals surface area contributed by atoms with Crippen molar-refractivity contribution in [1.82, 2.24) is 0 Å². The number of hydrogen-bond acceptors (Lipinski definition) is 2. The predicted octanol–water partition coefficient (Wildman–Crippen LogP) is 5.42. The third-order valence-corrected chi connectivity index (χ3v) is 3.29. The van der Waals surface area contributed by atoms with Crippen LogP contribution in [0.15, 0.2) is 42.5 Å². The molecule has 0 aliphatic rings. The van der Waals surface area contributed by atoms with E-state index in [2.05, 4.69) is 15.4 Å². The molecule has 0 radical (unpaired) electrons. The maximum atomic E-state index is 13.0. The molecule has 0 saturated carbocycles. The van der Waals surface area contributed by atoms with E-state index in [0.29, 0.717) is 5.56 Å². The Kier molecular flexibility index (Phi) is 5.78. The van der Waals surface area contributed by atoms with Crippen molar-refractivity contribution in [1.29, 1.82) is 0 Å². The first kappa shape index (κ1) is 18.9. The molecule has 134 valence electrons. The van der Waals surface area contributed by atoms with Gasteiger partial charge in [-0.2, -0.15) is 22.0 Å². The highest BCUT2D eigenvalue weighted by atomic mass is 32.1. The Balaban J connectivity index is 2.19. The molecule has 0 aliphatic heterocycles. The summed E-state index contributed by atoms with van der Waals surface area (Å²) in [6.45, 7) is -1.37. The molecule has 2 aromatic rings. The molecule has 0 atom stereocenters. The van der Waals surface area contributed by atoms with Crippen LogP contribution in [0, 0.1) is 6.92 Å². The lowest BCUT2D eigenvalue weighted by Crippen LogP contribution is -2.22. The molecule has 3 nitrogen and oxygen atoms in total. The Bertz CT molecular complexity index is 764. The minimum atomic E-state index is -4.56. The number of aryl methyl sites for hydroxylation is 1. The lowest BCUT2D eigenvalue weighted by Gasteiger charge is -2.17. The van der Waals surface area contributed by atoms with Gasteiger partial charge in [0.25, 0.3) is 0 Å². The van der Waals surface area contributed by atoms with E-state index in [1.807, 2.05) is 0 Å². The SMILES string of the molecule is Cc1ccc(NC(=S)Nc2ccccc2C(F)(F)F)c(OC(F)F)c1. The number of halogens is 5. The fraction of sp³-hybridized carbons (Fsp3) is 0.188. The molecule has 0 saturated heterocycles. The monoisotopic (exact) mass is 376 g/mol. The highest BCUT2D eigenvalue weighted by Gasteiger charge is 2.33. The first-order chi connectivity index (χ1) is 11.7. The first-order valence-electron chi connectivity index (χ1n) is 6.96. The zero-order valence-electron chi connectivity index (χ0n) is 12.8. The van der Waals surface area contributed by atoms with Crippen molar-refractivity contribution in [2.75, 3.05) is 10.6 Å². The average molecular weight is 376 g/mol. The second-order valence-corrected chi connectivity index (χ2v) is 5.41. The van der Waals surface area contributed by atoms with E-state index in [1.165, 1.54) is 30.3 Å². The molecule has 9 heteroatoms. The number of para-hydroxylation sites is 1. The molecule has 25 heavy (non-hydrogen) atoms. The fourth-order valence-corrected chi connectivity index (χ4v) is 2.26. The molecular formula is C16H13F5N2OS. The van der Waals surface area contributed by atoms with Crippen LogP contribution in [0.3, 0.4) is 0 Å². The number of rotatable bonds is 4. The predicted molar refractivity (Wildman–Crippen MR) is 89.1 cm³/mol. The Morgan fingerprint density at radius 2 is 1.68 bits per heavy atom. The summed E-state index contributed by atoms with van der Waals surface area (Å²) in [5.74, 6) is -0.164. The van der Waals surface area contributed by atoms with Crippen LogP contribution in [0.1, 0.15) is 11.1 Å². The third kappa shape index (κ3) is 5.28. The van der Waals surface area contributed by atoms with Crippen LogP contribution in [-0.4, -0.2) is 11.7 Å². The Morgan fingerprint density at radius 3 is 2.32 bits per heavy atom. The topological polar surface area (TPSA) is 33.3 Å². The number of alkyl halides is 5. The second-order valence-electron chi connectivity index (χ2n) is 5.00. The number of ether oxygens (including phenoxy) is 1. The molecule has 0 heterocycles. The fourth-order valence-electron chi connectivity index (χ4n) is 2.04. The van der Waals surface area contributed by atoms with Crippen molar-refractivity contribution in [3.8, 4) is 5.75 Å². The van der Waals surface area contributed by atoms with Crippen molar-refractivity contribution in [2.45, 2.75) is 19.7 Å². The molecule has 0 aliphatic carbocycles. The maximum absolute atomic E-state index is 13.0. The van der Waals surface area contributed by atoms with Crippen LogP contribution >= 0.6 is 12.2 Å². The van der Waals surface area contributed by atoms with Gasteiger partial charge in [0.15, 0.2) is 5.11 Å². The van der Waals surface area contributed by atoms with Crippen LogP contribution in [0.2, 0.25) is 0 Å². The maximum Gasteiger partial charge on any atom is 0.418 e. The molecule has 2 aromatic carbocycles.